The Morgan fingerprint density at radius 3 is 2.79 bits per heavy atom. The van der Waals surface area contributed by atoms with Gasteiger partial charge in [-0.1, -0.05) is 35.9 Å². The van der Waals surface area contributed by atoms with Gasteiger partial charge in [0.05, 0.1) is 4.58 Å². The predicted octanol–water partition coefficient (Wildman–Crippen LogP) is 5.14. The first kappa shape index (κ1) is 17.5. The number of benzene rings is 2. The van der Waals surface area contributed by atoms with Gasteiger partial charge in [0.25, 0.3) is 5.91 Å². The third kappa shape index (κ3) is 4.41. The van der Waals surface area contributed by atoms with Gasteiger partial charge in [-0.05, 0) is 30.7 Å². The molecule has 126 valence electrons. The first-order valence-electron chi connectivity index (χ1n) is 7.64. The molecular formula is C18H18ClNO2S2. The topological polar surface area (TPSA) is 38.3 Å². The molecule has 0 atom stereocenters. The van der Waals surface area contributed by atoms with Crippen LogP contribution in [0, 0.1) is 6.92 Å². The maximum atomic E-state index is 12.2. The summed E-state index contributed by atoms with van der Waals surface area (Å²) in [4.78, 5) is 12.2. The predicted molar refractivity (Wildman–Crippen MR) is 104 cm³/mol. The molecule has 1 aliphatic heterocycles. The Labute approximate surface area is 155 Å². The van der Waals surface area contributed by atoms with Crippen LogP contribution in [0.3, 0.4) is 0 Å². The molecule has 1 aliphatic rings. The number of para-hydroxylation sites is 1. The van der Waals surface area contributed by atoms with Gasteiger partial charge in [0.2, 0.25) is 0 Å². The van der Waals surface area contributed by atoms with Crippen LogP contribution >= 0.6 is 35.1 Å². The van der Waals surface area contributed by atoms with Gasteiger partial charge in [-0.2, -0.15) is 0 Å². The largest absolute Gasteiger partial charge is 0.483 e. The lowest BCUT2D eigenvalue weighted by Crippen LogP contribution is -2.21. The second kappa shape index (κ2) is 8.19. The number of rotatable bonds is 5. The fourth-order valence-electron chi connectivity index (χ4n) is 2.40. The molecule has 0 bridgehead atoms. The number of ether oxygens (including phenoxy) is 1. The van der Waals surface area contributed by atoms with E-state index in [4.69, 9.17) is 16.3 Å². The molecule has 1 amide bonds. The van der Waals surface area contributed by atoms with Crippen molar-refractivity contribution in [3.8, 4) is 5.75 Å². The Balaban J connectivity index is 1.63. The van der Waals surface area contributed by atoms with Gasteiger partial charge in [-0.15, -0.1) is 23.5 Å². The van der Waals surface area contributed by atoms with Crippen LogP contribution in [-0.2, 0) is 4.79 Å². The van der Waals surface area contributed by atoms with Crippen molar-refractivity contribution in [1.29, 1.82) is 0 Å². The van der Waals surface area contributed by atoms with E-state index >= 15 is 0 Å². The fourth-order valence-corrected chi connectivity index (χ4v) is 5.48. The number of thioether (sulfide) groups is 2. The highest BCUT2D eigenvalue weighted by Crippen LogP contribution is 2.48. The SMILES string of the molecule is Cc1ccc(Cl)cc1NC(=O)COc1ccccc1C1SCCS1. The lowest BCUT2D eigenvalue weighted by molar-refractivity contribution is -0.118. The zero-order chi connectivity index (χ0) is 16.9. The number of amides is 1. The number of hydrogen-bond donors (Lipinski definition) is 1. The number of aryl methyl sites for hydroxylation is 1. The molecule has 0 aromatic heterocycles. The van der Waals surface area contributed by atoms with Gasteiger partial charge < -0.3 is 10.1 Å². The van der Waals surface area contributed by atoms with Crippen molar-refractivity contribution in [2.24, 2.45) is 0 Å². The zero-order valence-corrected chi connectivity index (χ0v) is 15.6. The fraction of sp³-hybridized carbons (Fsp3) is 0.278. The highest BCUT2D eigenvalue weighted by atomic mass is 35.5. The summed E-state index contributed by atoms with van der Waals surface area (Å²) < 4.78 is 6.17. The number of hydrogen-bond acceptors (Lipinski definition) is 4. The summed E-state index contributed by atoms with van der Waals surface area (Å²) in [6.07, 6.45) is 0. The monoisotopic (exact) mass is 379 g/mol. The van der Waals surface area contributed by atoms with E-state index in [1.807, 2.05) is 54.7 Å². The van der Waals surface area contributed by atoms with E-state index in [1.165, 1.54) is 0 Å². The van der Waals surface area contributed by atoms with Gasteiger partial charge in [0.15, 0.2) is 6.61 Å². The highest BCUT2D eigenvalue weighted by molar-refractivity contribution is 8.19. The highest BCUT2D eigenvalue weighted by Gasteiger charge is 2.21. The number of carbonyl (C=O) groups excluding carboxylic acids is 1. The smallest absolute Gasteiger partial charge is 0.262 e. The van der Waals surface area contributed by atoms with E-state index in [0.29, 0.717) is 15.3 Å². The van der Waals surface area contributed by atoms with Crippen molar-refractivity contribution in [2.75, 3.05) is 23.4 Å². The van der Waals surface area contributed by atoms with E-state index in [2.05, 4.69) is 11.4 Å². The zero-order valence-electron chi connectivity index (χ0n) is 13.3. The summed E-state index contributed by atoms with van der Waals surface area (Å²) in [5, 5.41) is 3.45. The summed E-state index contributed by atoms with van der Waals surface area (Å²) in [5.41, 5.74) is 2.83. The molecule has 6 heteroatoms. The summed E-state index contributed by atoms with van der Waals surface area (Å²) >= 11 is 9.82. The standard InChI is InChI=1S/C18H18ClNO2S2/c1-12-6-7-13(19)10-15(12)20-17(21)11-22-16-5-3-2-4-14(16)18-23-8-9-24-18/h2-7,10,18H,8-9,11H2,1H3,(H,20,21). The van der Waals surface area contributed by atoms with Crippen molar-refractivity contribution < 1.29 is 9.53 Å². The molecule has 1 heterocycles. The molecule has 0 saturated carbocycles. The summed E-state index contributed by atoms with van der Waals surface area (Å²) in [6.45, 7) is 1.90. The molecular weight excluding hydrogens is 362 g/mol. The van der Waals surface area contributed by atoms with Crippen LogP contribution in [0.15, 0.2) is 42.5 Å². The molecule has 24 heavy (non-hydrogen) atoms. The second-order valence-electron chi connectivity index (χ2n) is 5.41. The third-order valence-corrected chi connectivity index (χ3v) is 6.93. The molecule has 2 aromatic carbocycles. The summed E-state index contributed by atoms with van der Waals surface area (Å²) in [7, 11) is 0. The Hall–Kier alpha value is -1.30. The van der Waals surface area contributed by atoms with Crippen LogP contribution in [0.25, 0.3) is 0 Å². The van der Waals surface area contributed by atoms with Crippen molar-refractivity contribution >= 4 is 46.7 Å². The van der Waals surface area contributed by atoms with Gasteiger partial charge >= 0.3 is 0 Å². The molecule has 1 saturated heterocycles. The number of halogens is 1. The molecule has 0 spiro atoms. The minimum atomic E-state index is -0.193. The van der Waals surface area contributed by atoms with E-state index in [1.54, 1.807) is 12.1 Å². The molecule has 0 unspecified atom stereocenters. The van der Waals surface area contributed by atoms with Crippen molar-refractivity contribution in [3.63, 3.8) is 0 Å². The van der Waals surface area contributed by atoms with Crippen LogP contribution in [0.4, 0.5) is 5.69 Å². The maximum absolute atomic E-state index is 12.2. The van der Waals surface area contributed by atoms with Gasteiger partial charge in [0.1, 0.15) is 5.75 Å². The summed E-state index contributed by atoms with van der Waals surface area (Å²) in [5.74, 6) is 2.89. The number of carbonyl (C=O) groups is 1. The molecule has 0 aliphatic carbocycles. The molecule has 1 N–H and O–H groups in total. The Bertz CT molecular complexity index is 733. The van der Waals surface area contributed by atoms with Gasteiger partial charge in [-0.25, -0.2) is 0 Å². The minimum Gasteiger partial charge on any atom is -0.483 e. The molecule has 3 nitrogen and oxygen atoms in total. The van der Waals surface area contributed by atoms with Crippen molar-refractivity contribution in [1.82, 2.24) is 0 Å². The van der Waals surface area contributed by atoms with Crippen LogP contribution < -0.4 is 10.1 Å². The van der Waals surface area contributed by atoms with Crippen molar-refractivity contribution in [3.05, 3.63) is 58.6 Å². The normalized spacial score (nSPS) is 14.6. The van der Waals surface area contributed by atoms with Crippen molar-refractivity contribution in [2.45, 2.75) is 11.5 Å². The Morgan fingerprint density at radius 1 is 1.25 bits per heavy atom. The summed E-state index contributed by atoms with van der Waals surface area (Å²) in [6, 6.07) is 13.4. The second-order valence-corrected chi connectivity index (χ2v) is 8.57. The van der Waals surface area contributed by atoms with Crippen LogP contribution in [-0.4, -0.2) is 24.0 Å². The average molecular weight is 380 g/mol. The third-order valence-electron chi connectivity index (χ3n) is 3.63. The molecule has 2 aromatic rings. The van der Waals surface area contributed by atoms with E-state index in [9.17, 15) is 4.79 Å². The number of anilines is 1. The van der Waals surface area contributed by atoms with Gasteiger partial charge in [-0.3, -0.25) is 4.79 Å². The van der Waals surface area contributed by atoms with Crippen LogP contribution in [0.5, 0.6) is 5.75 Å². The van der Waals surface area contributed by atoms with Gasteiger partial charge in [0, 0.05) is 27.8 Å². The first-order chi connectivity index (χ1) is 11.6. The van der Waals surface area contributed by atoms with E-state index in [-0.39, 0.29) is 12.5 Å². The molecule has 3 rings (SSSR count). The Morgan fingerprint density at radius 2 is 2.00 bits per heavy atom. The quantitative estimate of drug-likeness (QED) is 0.780. The van der Waals surface area contributed by atoms with Crippen LogP contribution in [0.1, 0.15) is 15.7 Å². The minimum absolute atomic E-state index is 0.0228. The molecule has 0 radical (unpaired) electrons. The van der Waals surface area contributed by atoms with E-state index < -0.39 is 0 Å². The Kier molecular flexibility index (Phi) is 5.98. The maximum Gasteiger partial charge on any atom is 0.262 e. The molecule has 1 fully saturated rings. The average Bonchev–Trinajstić information content (AvgIpc) is 3.11. The number of nitrogens with one attached hydrogen (secondary N) is 1. The lowest BCUT2D eigenvalue weighted by atomic mass is 10.2. The van der Waals surface area contributed by atoms with E-state index in [0.717, 1.165) is 28.4 Å². The lowest BCUT2D eigenvalue weighted by Gasteiger charge is -2.15. The van der Waals surface area contributed by atoms with Crippen LogP contribution in [0.2, 0.25) is 5.02 Å². The first-order valence-corrected chi connectivity index (χ1v) is 10.1.